The third-order valence-corrected chi connectivity index (χ3v) is 6.34. The van der Waals surface area contributed by atoms with Crippen molar-refractivity contribution >= 4 is 11.8 Å². The Kier molecular flexibility index (Phi) is 7.25. The van der Waals surface area contributed by atoms with Crippen molar-refractivity contribution in [3.63, 3.8) is 0 Å². The number of furan rings is 1. The number of aromatic hydroxyl groups is 1. The van der Waals surface area contributed by atoms with Crippen molar-refractivity contribution in [2.75, 3.05) is 13.1 Å². The summed E-state index contributed by atoms with van der Waals surface area (Å²) < 4.78 is 5.00. The molecular weight excluding hydrogens is 416 g/mol. The molecule has 0 unspecified atom stereocenters. The van der Waals surface area contributed by atoms with Crippen LogP contribution in [0.5, 0.6) is 5.75 Å². The van der Waals surface area contributed by atoms with Gasteiger partial charge < -0.3 is 19.7 Å². The van der Waals surface area contributed by atoms with E-state index in [-0.39, 0.29) is 28.7 Å². The van der Waals surface area contributed by atoms with E-state index in [4.69, 9.17) is 4.42 Å². The SMILES string of the molecule is CC(C)(C)c1cc(CCC(=O)NC2CCN(C(=O)c3ccoc3)CC2)cc(C(C)(C)C)c1O. The summed E-state index contributed by atoms with van der Waals surface area (Å²) in [6, 6.07) is 5.84. The standard InChI is InChI=1S/C27H38N2O4/c1-26(2,3)21-15-18(16-22(24(21)31)27(4,5)6)7-8-23(30)28-20-9-12-29(13-10-20)25(32)19-11-14-33-17-19/h11,14-17,20,31H,7-10,12-13H2,1-6H3,(H,28,30). The molecule has 33 heavy (non-hydrogen) atoms. The van der Waals surface area contributed by atoms with Gasteiger partial charge in [-0.25, -0.2) is 0 Å². The van der Waals surface area contributed by atoms with Crippen molar-refractivity contribution in [1.29, 1.82) is 0 Å². The highest BCUT2D eigenvalue weighted by Gasteiger charge is 2.27. The number of amides is 2. The van der Waals surface area contributed by atoms with Crippen molar-refractivity contribution in [2.45, 2.75) is 84.1 Å². The lowest BCUT2D eigenvalue weighted by atomic mass is 9.78. The van der Waals surface area contributed by atoms with Crippen LogP contribution in [0.2, 0.25) is 0 Å². The molecule has 0 radical (unpaired) electrons. The third kappa shape index (κ3) is 6.18. The predicted molar refractivity (Wildman–Crippen MR) is 130 cm³/mol. The summed E-state index contributed by atoms with van der Waals surface area (Å²) >= 11 is 0. The van der Waals surface area contributed by atoms with Gasteiger partial charge in [0.2, 0.25) is 5.91 Å². The number of phenolic OH excluding ortho intramolecular Hbond substituents is 1. The van der Waals surface area contributed by atoms with E-state index in [1.807, 2.05) is 17.0 Å². The second kappa shape index (κ2) is 9.62. The number of carbonyl (C=O) groups excluding carboxylic acids is 2. The number of rotatable bonds is 5. The summed E-state index contributed by atoms with van der Waals surface area (Å²) in [6.07, 6.45) is 5.48. The first kappa shape index (κ1) is 24.9. The van der Waals surface area contributed by atoms with E-state index < -0.39 is 0 Å². The Morgan fingerprint density at radius 3 is 2.12 bits per heavy atom. The number of nitrogens with zero attached hydrogens (tertiary/aromatic N) is 1. The minimum atomic E-state index is -0.190. The van der Waals surface area contributed by atoms with E-state index in [1.54, 1.807) is 6.07 Å². The molecule has 2 N–H and O–H groups in total. The van der Waals surface area contributed by atoms with Gasteiger partial charge in [-0.3, -0.25) is 9.59 Å². The summed E-state index contributed by atoms with van der Waals surface area (Å²) in [5.41, 5.74) is 3.09. The largest absolute Gasteiger partial charge is 0.507 e. The highest BCUT2D eigenvalue weighted by Crippen LogP contribution is 2.40. The molecule has 6 nitrogen and oxygen atoms in total. The van der Waals surface area contributed by atoms with Crippen LogP contribution in [0.25, 0.3) is 0 Å². The lowest BCUT2D eigenvalue weighted by Gasteiger charge is -2.32. The molecule has 0 saturated carbocycles. The molecule has 2 amide bonds. The first-order valence-corrected chi connectivity index (χ1v) is 11.8. The fourth-order valence-corrected chi connectivity index (χ4v) is 4.34. The summed E-state index contributed by atoms with van der Waals surface area (Å²) in [5.74, 6) is 0.363. The van der Waals surface area contributed by atoms with Crippen LogP contribution in [0.3, 0.4) is 0 Å². The van der Waals surface area contributed by atoms with Crippen molar-refractivity contribution in [3.05, 3.63) is 53.0 Å². The summed E-state index contributed by atoms with van der Waals surface area (Å²) in [5, 5.41) is 14.0. The Balaban J connectivity index is 1.57. The van der Waals surface area contributed by atoms with Gasteiger partial charge in [0.25, 0.3) is 5.91 Å². The van der Waals surface area contributed by atoms with Crippen molar-refractivity contribution in [2.24, 2.45) is 0 Å². The molecule has 6 heteroatoms. The van der Waals surface area contributed by atoms with Gasteiger partial charge in [-0.15, -0.1) is 0 Å². The molecule has 1 aliphatic rings. The van der Waals surface area contributed by atoms with Crippen LogP contribution in [0.15, 0.2) is 35.1 Å². The van der Waals surface area contributed by atoms with Gasteiger partial charge >= 0.3 is 0 Å². The zero-order valence-corrected chi connectivity index (χ0v) is 20.8. The molecule has 0 bridgehead atoms. The summed E-state index contributed by atoms with van der Waals surface area (Å²) in [4.78, 5) is 26.9. The van der Waals surface area contributed by atoms with E-state index in [0.29, 0.717) is 37.2 Å². The lowest BCUT2D eigenvalue weighted by Crippen LogP contribution is -2.46. The fourth-order valence-electron chi connectivity index (χ4n) is 4.34. The molecule has 1 aromatic carbocycles. The maximum atomic E-state index is 12.7. The fraction of sp³-hybridized carbons (Fsp3) is 0.556. The Morgan fingerprint density at radius 1 is 1.06 bits per heavy atom. The highest BCUT2D eigenvalue weighted by atomic mass is 16.3. The molecule has 1 saturated heterocycles. The van der Waals surface area contributed by atoms with Crippen LogP contribution in [0.4, 0.5) is 0 Å². The normalized spacial score (nSPS) is 15.5. The molecule has 1 aliphatic heterocycles. The quantitative estimate of drug-likeness (QED) is 0.671. The van der Waals surface area contributed by atoms with E-state index in [1.165, 1.54) is 12.5 Å². The van der Waals surface area contributed by atoms with E-state index in [0.717, 1.165) is 29.5 Å². The molecule has 2 aromatic rings. The van der Waals surface area contributed by atoms with Gasteiger partial charge in [-0.1, -0.05) is 53.7 Å². The first-order valence-electron chi connectivity index (χ1n) is 11.8. The number of piperidine rings is 1. The number of nitrogens with one attached hydrogen (secondary N) is 1. The van der Waals surface area contributed by atoms with Crippen molar-refractivity contribution in [3.8, 4) is 5.75 Å². The number of carbonyl (C=O) groups is 2. The monoisotopic (exact) mass is 454 g/mol. The van der Waals surface area contributed by atoms with Gasteiger partial charge in [-0.2, -0.15) is 0 Å². The Bertz CT molecular complexity index is 938. The number of benzene rings is 1. The second-order valence-corrected chi connectivity index (χ2v) is 11.2. The van der Waals surface area contributed by atoms with Gasteiger partial charge in [0, 0.05) is 25.6 Å². The smallest absolute Gasteiger partial charge is 0.257 e. The molecule has 0 atom stereocenters. The molecule has 3 rings (SSSR count). The minimum absolute atomic E-state index is 0.0230. The minimum Gasteiger partial charge on any atom is -0.507 e. The number of likely N-dealkylation sites (tertiary alicyclic amines) is 1. The molecule has 180 valence electrons. The second-order valence-electron chi connectivity index (χ2n) is 11.2. The summed E-state index contributed by atoms with van der Waals surface area (Å²) in [6.45, 7) is 13.8. The Hall–Kier alpha value is -2.76. The lowest BCUT2D eigenvalue weighted by molar-refractivity contribution is -0.122. The summed E-state index contributed by atoms with van der Waals surface area (Å²) in [7, 11) is 0. The highest BCUT2D eigenvalue weighted by molar-refractivity contribution is 5.93. The average Bonchev–Trinajstić information content (AvgIpc) is 3.26. The molecular formula is C27H38N2O4. The molecule has 1 fully saturated rings. The zero-order chi connectivity index (χ0) is 24.4. The molecule has 2 heterocycles. The van der Waals surface area contributed by atoms with Crippen LogP contribution in [-0.2, 0) is 22.0 Å². The number of aryl methyl sites for hydroxylation is 1. The number of hydrogen-bond acceptors (Lipinski definition) is 4. The van der Waals surface area contributed by atoms with Crippen LogP contribution < -0.4 is 5.32 Å². The van der Waals surface area contributed by atoms with E-state index in [9.17, 15) is 14.7 Å². The Morgan fingerprint density at radius 2 is 1.64 bits per heavy atom. The first-order chi connectivity index (χ1) is 15.4. The average molecular weight is 455 g/mol. The van der Waals surface area contributed by atoms with Gasteiger partial charge in [0.15, 0.2) is 0 Å². The predicted octanol–water partition coefficient (Wildman–Crippen LogP) is 4.93. The third-order valence-electron chi connectivity index (χ3n) is 6.34. The van der Waals surface area contributed by atoms with Crippen molar-refractivity contribution < 1.29 is 19.1 Å². The van der Waals surface area contributed by atoms with Gasteiger partial charge in [-0.05, 0) is 52.8 Å². The van der Waals surface area contributed by atoms with Crippen LogP contribution in [0.1, 0.15) is 87.9 Å². The van der Waals surface area contributed by atoms with Gasteiger partial charge in [0.1, 0.15) is 12.0 Å². The molecule has 1 aromatic heterocycles. The number of hydrogen-bond donors (Lipinski definition) is 2. The molecule has 0 spiro atoms. The maximum Gasteiger partial charge on any atom is 0.257 e. The van der Waals surface area contributed by atoms with E-state index in [2.05, 4.69) is 46.9 Å². The zero-order valence-electron chi connectivity index (χ0n) is 20.8. The van der Waals surface area contributed by atoms with Crippen LogP contribution >= 0.6 is 0 Å². The maximum absolute atomic E-state index is 12.7. The van der Waals surface area contributed by atoms with Gasteiger partial charge in [0.05, 0.1) is 11.8 Å². The molecule has 0 aliphatic carbocycles. The van der Waals surface area contributed by atoms with E-state index >= 15 is 0 Å². The van der Waals surface area contributed by atoms with Crippen LogP contribution in [-0.4, -0.2) is 41.0 Å². The van der Waals surface area contributed by atoms with Crippen molar-refractivity contribution in [1.82, 2.24) is 10.2 Å². The van der Waals surface area contributed by atoms with Crippen LogP contribution in [0, 0.1) is 0 Å². The Labute approximate surface area is 197 Å². The topological polar surface area (TPSA) is 82.8 Å². The number of phenols is 1.